The Morgan fingerprint density at radius 1 is 0.667 bits per heavy atom. The number of carbonyl (C=O) groups is 6. The van der Waals surface area contributed by atoms with Gasteiger partial charge in [0, 0.05) is 5.48 Å². The van der Waals surface area contributed by atoms with E-state index in [1.165, 1.54) is 0 Å². The Morgan fingerprint density at radius 3 is 1.15 bits per heavy atom. The molecule has 0 saturated heterocycles. The summed E-state index contributed by atoms with van der Waals surface area (Å²) < 4.78 is 40.2. The molecule has 0 radical (unpaired) electrons. The summed E-state index contributed by atoms with van der Waals surface area (Å²) in [5, 5.41) is 48.8. The van der Waals surface area contributed by atoms with Crippen LogP contribution in [-0.4, -0.2) is 84.5 Å². The Kier molecular flexibility index (Phi) is 9.51. The van der Waals surface area contributed by atoms with E-state index >= 15 is 0 Å². The van der Waals surface area contributed by atoms with Crippen LogP contribution in [-0.2, 0) is 28.8 Å². The average molecular weight is 405 g/mol. The molecule has 0 bridgehead atoms. The van der Waals surface area contributed by atoms with Crippen LogP contribution in [0.2, 0.25) is 0 Å². The van der Waals surface area contributed by atoms with Crippen molar-refractivity contribution in [3.8, 4) is 0 Å². The number of nitrogens with two attached hydrogens (primary N) is 3. The highest BCUT2D eigenvalue weighted by Gasteiger charge is 2.15. The summed E-state index contributed by atoms with van der Waals surface area (Å²) >= 11 is 0. The first-order valence-corrected chi connectivity index (χ1v) is 6.01. The lowest BCUT2D eigenvalue weighted by molar-refractivity contribution is -0.144. The van der Waals surface area contributed by atoms with Crippen LogP contribution in [0.25, 0.3) is 0 Å². The summed E-state index contributed by atoms with van der Waals surface area (Å²) in [4.78, 5) is 60.2. The maximum absolute atomic E-state index is 10.2. The van der Waals surface area contributed by atoms with Crippen LogP contribution < -0.4 is 17.2 Å². The van der Waals surface area contributed by atoms with E-state index in [-0.39, 0.29) is 0 Å². The molecule has 0 aliphatic carbocycles. The Hall–Kier alpha value is -3.30. The first kappa shape index (κ1) is 17.1. The molecule has 0 amide bonds. The van der Waals surface area contributed by atoms with Crippen LogP contribution in [0.3, 0.4) is 0 Å². The van der Waals surface area contributed by atoms with Gasteiger partial charge in [0.2, 0.25) is 0 Å². The summed E-state index contributed by atoms with van der Waals surface area (Å²) in [5.74, 6) is -10.7. The molecule has 0 heterocycles. The van der Waals surface area contributed by atoms with Gasteiger partial charge in [0.1, 0.15) is 18.1 Å². The summed E-state index contributed by atoms with van der Waals surface area (Å²) in [7, 11) is 0. The quantitative estimate of drug-likeness (QED) is 0.180. The Morgan fingerprint density at radius 2 is 1.04 bits per heavy atom. The number of carboxylic acids is 6. The van der Waals surface area contributed by atoms with Crippen LogP contribution >= 0.6 is 0 Å². The Bertz CT molecular complexity index is 764. The van der Waals surface area contributed by atoms with Crippen molar-refractivity contribution in [2.24, 2.45) is 17.2 Å². The van der Waals surface area contributed by atoms with Gasteiger partial charge in [0.05, 0.1) is 21.9 Å². The molecule has 0 fully saturated rings. The Labute approximate surface area is 159 Å². The van der Waals surface area contributed by atoms with Gasteiger partial charge in [-0.2, -0.15) is 0 Å². The van der Waals surface area contributed by atoms with Crippen molar-refractivity contribution in [3.05, 3.63) is 0 Å². The van der Waals surface area contributed by atoms with Gasteiger partial charge in [0.25, 0.3) is 0 Å². The standard InChI is InChI=1S/3C4H7NO4/c3*5-2(4(8)9)1-3(6)7/h3*2H,1,5H2,(H,6,7)(H,8,9)/i1D2,2D;2D;1D2. The molecule has 15 nitrogen and oxygen atoms in total. The molecule has 0 aliphatic heterocycles. The van der Waals surface area contributed by atoms with Gasteiger partial charge in [-0.3, -0.25) is 28.8 Å². The second-order valence-corrected chi connectivity index (χ2v) is 3.82. The first-order valence-electron chi connectivity index (χ1n) is 9.01. The van der Waals surface area contributed by atoms with Crippen molar-refractivity contribution in [1.29, 1.82) is 0 Å². The largest absolute Gasteiger partial charge is 0.481 e. The lowest BCUT2D eigenvalue weighted by Crippen LogP contribution is -2.32. The molecule has 27 heavy (non-hydrogen) atoms. The van der Waals surface area contributed by atoms with E-state index in [1.54, 1.807) is 0 Å². The third kappa shape index (κ3) is 22.7. The third-order valence-electron chi connectivity index (χ3n) is 1.63. The molecule has 15 heteroatoms. The molecule has 0 aromatic heterocycles. The molecule has 156 valence electrons. The molecular weight excluding hydrogens is 378 g/mol. The van der Waals surface area contributed by atoms with E-state index in [0.29, 0.717) is 0 Å². The lowest BCUT2D eigenvalue weighted by atomic mass is 10.2. The Balaban J connectivity index is -0.000000411. The van der Waals surface area contributed by atoms with Gasteiger partial charge in [0.15, 0.2) is 0 Å². The number of rotatable bonds is 9. The minimum absolute atomic E-state index is 0.900. The van der Waals surface area contributed by atoms with E-state index in [4.69, 9.17) is 50.3 Å². The number of hydrogen-bond acceptors (Lipinski definition) is 9. The molecule has 0 aromatic carbocycles. The van der Waals surface area contributed by atoms with Gasteiger partial charge in [-0.15, -0.1) is 0 Å². The highest BCUT2D eigenvalue weighted by molar-refractivity contribution is 5.81. The zero-order valence-corrected chi connectivity index (χ0v) is 13.1. The zero-order chi connectivity index (χ0) is 27.7. The maximum atomic E-state index is 10.2. The summed E-state index contributed by atoms with van der Waals surface area (Å²) in [5.41, 5.74) is 14.1. The molecule has 0 rings (SSSR count). The van der Waals surface area contributed by atoms with Crippen molar-refractivity contribution in [3.63, 3.8) is 0 Å². The molecule has 0 aliphatic rings. The molecule has 0 saturated carbocycles. The fraction of sp³-hybridized carbons (Fsp3) is 0.500. The predicted molar refractivity (Wildman–Crippen MR) is 83.6 cm³/mol. The minimum atomic E-state index is -3.32. The topological polar surface area (TPSA) is 302 Å². The average Bonchev–Trinajstić information content (AvgIpc) is 2.60. The van der Waals surface area contributed by atoms with E-state index in [2.05, 4.69) is 5.73 Å². The molecule has 0 spiro atoms. The second kappa shape index (κ2) is 15.0. The van der Waals surface area contributed by atoms with Gasteiger partial charge >= 0.3 is 35.8 Å². The van der Waals surface area contributed by atoms with Crippen LogP contribution in [0, 0.1) is 0 Å². The lowest BCUT2D eigenvalue weighted by Gasteiger charge is -1.99. The van der Waals surface area contributed by atoms with Gasteiger partial charge in [-0.25, -0.2) is 0 Å². The van der Waals surface area contributed by atoms with E-state index < -0.39 is 73.1 Å². The molecule has 12 N–H and O–H groups in total. The molecular formula is C12H21N3O12. The summed E-state index contributed by atoms with van der Waals surface area (Å²) in [6.45, 7) is 0. The number of carboxylic acid groups (broad SMARTS) is 6. The van der Waals surface area contributed by atoms with Gasteiger partial charge in [-0.05, 0) is 0 Å². The van der Waals surface area contributed by atoms with Crippen molar-refractivity contribution >= 4 is 35.8 Å². The fourth-order valence-electron chi connectivity index (χ4n) is 0.602. The van der Waals surface area contributed by atoms with Crippen LogP contribution in [0.5, 0.6) is 0 Å². The van der Waals surface area contributed by atoms with E-state index in [0.717, 1.165) is 0 Å². The number of hydrogen-bond donors (Lipinski definition) is 9. The number of aliphatic carboxylic acids is 6. The second-order valence-electron chi connectivity index (χ2n) is 3.82. The third-order valence-corrected chi connectivity index (χ3v) is 1.63. The highest BCUT2D eigenvalue weighted by atomic mass is 16.4. The summed E-state index contributed by atoms with van der Waals surface area (Å²) in [6.07, 6.45) is -7.15. The first-order chi connectivity index (χ1) is 14.3. The highest BCUT2D eigenvalue weighted by Crippen LogP contribution is 1.87. The molecule has 3 atom stereocenters. The van der Waals surface area contributed by atoms with Crippen LogP contribution in [0.4, 0.5) is 0 Å². The van der Waals surface area contributed by atoms with Crippen LogP contribution in [0.15, 0.2) is 0 Å². The normalized spacial score (nSPS) is 19.2. The maximum Gasteiger partial charge on any atom is 0.321 e. The van der Waals surface area contributed by atoms with Crippen LogP contribution in [0.1, 0.15) is 27.4 Å². The molecule has 0 aromatic rings. The zero-order valence-electron chi connectivity index (χ0n) is 19.1. The monoisotopic (exact) mass is 405 g/mol. The SMILES string of the molecule is [2H]C(N)(CC(=O)O)C(=O)O.[2H]C([2H])(C(=O)O)C(N)C(=O)O.[2H]C([2H])(C(=O)O)C([2H])(N)C(=O)O. The fourth-order valence-corrected chi connectivity index (χ4v) is 0.602. The van der Waals surface area contributed by atoms with E-state index in [1.807, 2.05) is 0 Å². The van der Waals surface area contributed by atoms with Crippen molar-refractivity contribution in [1.82, 2.24) is 0 Å². The van der Waals surface area contributed by atoms with Crippen molar-refractivity contribution in [2.45, 2.75) is 37.2 Å². The van der Waals surface area contributed by atoms with Gasteiger partial charge < -0.3 is 47.8 Å². The van der Waals surface area contributed by atoms with Gasteiger partial charge in [-0.1, -0.05) is 0 Å². The predicted octanol–water partition coefficient (Wildman–Crippen LogP) is -3.38. The smallest absolute Gasteiger partial charge is 0.321 e. The van der Waals surface area contributed by atoms with Crippen molar-refractivity contribution in [2.75, 3.05) is 0 Å². The minimum Gasteiger partial charge on any atom is -0.481 e. The van der Waals surface area contributed by atoms with E-state index in [9.17, 15) is 28.8 Å². The molecule has 3 unspecified atom stereocenters. The van der Waals surface area contributed by atoms with Crippen molar-refractivity contribution < 1.29 is 67.6 Å². The summed E-state index contributed by atoms with van der Waals surface area (Å²) in [6, 6.07) is -7.63.